The molecule has 106 valence electrons. The largest absolute Gasteiger partial charge is 0.302 e. The first-order valence-corrected chi connectivity index (χ1v) is 7.13. The summed E-state index contributed by atoms with van der Waals surface area (Å²) in [6.07, 6.45) is 8.12. The summed E-state index contributed by atoms with van der Waals surface area (Å²) in [4.78, 5) is 17.0. The molecule has 5 heteroatoms. The summed E-state index contributed by atoms with van der Waals surface area (Å²) >= 11 is 0. The summed E-state index contributed by atoms with van der Waals surface area (Å²) in [6, 6.07) is 0. The zero-order valence-electron chi connectivity index (χ0n) is 11.4. The van der Waals surface area contributed by atoms with Gasteiger partial charge < -0.3 is 4.84 Å². The van der Waals surface area contributed by atoms with E-state index in [1.165, 1.54) is 25.7 Å². The molecule has 1 aliphatic carbocycles. The van der Waals surface area contributed by atoms with E-state index in [2.05, 4.69) is 17.8 Å². The number of nitrogens with one attached hydrogen (secondary N) is 2. The van der Waals surface area contributed by atoms with Gasteiger partial charge in [-0.3, -0.25) is 10.2 Å². The maximum absolute atomic E-state index is 11.7. The quantitative estimate of drug-likeness (QED) is 0.253. The molecular formula is C13H27N3O2. The van der Waals surface area contributed by atoms with Gasteiger partial charge in [-0.05, 0) is 18.8 Å². The Bertz CT molecular complexity index is 230. The zero-order chi connectivity index (χ0) is 13.2. The van der Waals surface area contributed by atoms with Crippen molar-refractivity contribution in [2.75, 3.05) is 13.2 Å². The highest BCUT2D eigenvalue weighted by molar-refractivity contribution is 5.78. The van der Waals surface area contributed by atoms with Gasteiger partial charge in [0, 0.05) is 6.54 Å². The third-order valence-electron chi connectivity index (χ3n) is 3.64. The smallest absolute Gasteiger partial charge is 0.238 e. The molecule has 5 nitrogen and oxygen atoms in total. The van der Waals surface area contributed by atoms with Gasteiger partial charge >= 0.3 is 0 Å². The van der Waals surface area contributed by atoms with E-state index in [0.717, 1.165) is 19.3 Å². The van der Waals surface area contributed by atoms with Gasteiger partial charge in [-0.2, -0.15) is 0 Å². The topological polar surface area (TPSA) is 76.4 Å². The number of rotatable bonds is 9. The minimum absolute atomic E-state index is 0.0836. The number of unbranched alkanes of at least 4 members (excludes halogenated alkanes) is 1. The van der Waals surface area contributed by atoms with Crippen molar-refractivity contribution in [3.05, 3.63) is 0 Å². The number of nitrogens with two attached hydrogens (primary N) is 1. The van der Waals surface area contributed by atoms with Crippen molar-refractivity contribution in [1.82, 2.24) is 10.9 Å². The Morgan fingerprint density at radius 3 is 2.78 bits per heavy atom. The first-order valence-electron chi connectivity index (χ1n) is 7.13. The van der Waals surface area contributed by atoms with Gasteiger partial charge in [0.2, 0.25) is 5.91 Å². The van der Waals surface area contributed by atoms with Gasteiger partial charge in [0.05, 0.1) is 12.5 Å². The molecule has 0 spiro atoms. The lowest BCUT2D eigenvalue weighted by molar-refractivity contribution is -0.126. The van der Waals surface area contributed by atoms with Crippen molar-refractivity contribution in [2.24, 2.45) is 17.7 Å². The molecule has 18 heavy (non-hydrogen) atoms. The predicted octanol–water partition coefficient (Wildman–Crippen LogP) is 1.49. The van der Waals surface area contributed by atoms with Crippen LogP contribution in [0.2, 0.25) is 0 Å². The Kier molecular flexibility index (Phi) is 7.96. The monoisotopic (exact) mass is 257 g/mol. The van der Waals surface area contributed by atoms with E-state index in [9.17, 15) is 4.79 Å². The van der Waals surface area contributed by atoms with Gasteiger partial charge in [-0.1, -0.05) is 39.0 Å². The zero-order valence-corrected chi connectivity index (χ0v) is 11.4. The predicted molar refractivity (Wildman–Crippen MR) is 71.3 cm³/mol. The molecule has 0 heterocycles. The SMILES string of the molecule is CCCCONC[C@@H](CC1CCCC1)C(=O)NN. The molecule has 4 N–H and O–H groups in total. The third kappa shape index (κ3) is 5.80. The van der Waals surface area contributed by atoms with Crippen molar-refractivity contribution in [2.45, 2.75) is 51.9 Å². The molecule has 0 aromatic heterocycles. The molecule has 1 fully saturated rings. The molecular weight excluding hydrogens is 230 g/mol. The van der Waals surface area contributed by atoms with Gasteiger partial charge in [-0.15, -0.1) is 0 Å². The number of hydrazine groups is 1. The highest BCUT2D eigenvalue weighted by Gasteiger charge is 2.24. The lowest BCUT2D eigenvalue weighted by atomic mass is 9.93. The van der Waals surface area contributed by atoms with E-state index < -0.39 is 0 Å². The highest BCUT2D eigenvalue weighted by atomic mass is 16.6. The average Bonchev–Trinajstić information content (AvgIpc) is 2.89. The summed E-state index contributed by atoms with van der Waals surface area (Å²) in [5.74, 6) is 5.73. The molecule has 0 aromatic rings. The Labute approximate surface area is 110 Å². The van der Waals surface area contributed by atoms with E-state index in [-0.39, 0.29) is 11.8 Å². The number of hydrogen-bond donors (Lipinski definition) is 3. The van der Waals surface area contributed by atoms with Gasteiger partial charge in [0.15, 0.2) is 0 Å². The van der Waals surface area contributed by atoms with Crippen molar-refractivity contribution in [1.29, 1.82) is 0 Å². The Morgan fingerprint density at radius 2 is 2.17 bits per heavy atom. The lowest BCUT2D eigenvalue weighted by Crippen LogP contribution is -2.41. The average molecular weight is 257 g/mol. The van der Waals surface area contributed by atoms with Gasteiger partial charge in [-0.25, -0.2) is 11.3 Å². The molecule has 1 atom stereocenters. The van der Waals surface area contributed by atoms with Gasteiger partial charge in [0.25, 0.3) is 0 Å². The third-order valence-corrected chi connectivity index (χ3v) is 3.64. The van der Waals surface area contributed by atoms with Crippen molar-refractivity contribution in [3.63, 3.8) is 0 Å². The van der Waals surface area contributed by atoms with Crippen LogP contribution in [0.4, 0.5) is 0 Å². The minimum Gasteiger partial charge on any atom is -0.302 e. The molecule has 0 unspecified atom stereocenters. The molecule has 1 aliphatic rings. The van der Waals surface area contributed by atoms with E-state index in [1.807, 2.05) is 0 Å². The molecule has 1 saturated carbocycles. The first kappa shape index (κ1) is 15.4. The van der Waals surface area contributed by atoms with Crippen LogP contribution in [-0.4, -0.2) is 19.1 Å². The normalized spacial score (nSPS) is 17.9. The Morgan fingerprint density at radius 1 is 1.44 bits per heavy atom. The maximum atomic E-state index is 11.7. The van der Waals surface area contributed by atoms with E-state index in [1.54, 1.807) is 0 Å². The van der Waals surface area contributed by atoms with Crippen LogP contribution in [0, 0.1) is 11.8 Å². The summed E-state index contributed by atoms with van der Waals surface area (Å²) in [7, 11) is 0. The molecule has 1 amide bonds. The van der Waals surface area contributed by atoms with Crippen LogP contribution >= 0.6 is 0 Å². The van der Waals surface area contributed by atoms with Gasteiger partial charge in [0.1, 0.15) is 0 Å². The molecule has 0 bridgehead atoms. The second-order valence-electron chi connectivity index (χ2n) is 5.14. The van der Waals surface area contributed by atoms with E-state index >= 15 is 0 Å². The Hall–Kier alpha value is -0.650. The fraction of sp³-hybridized carbons (Fsp3) is 0.923. The standard InChI is InChI=1S/C13H27N3O2/c1-2-3-8-18-15-10-12(13(17)16-14)9-11-6-4-5-7-11/h11-12,15H,2-10,14H2,1H3,(H,16,17)/t12-/m1/s1. The van der Waals surface area contributed by atoms with Crippen LogP contribution in [-0.2, 0) is 9.63 Å². The molecule has 0 aliphatic heterocycles. The van der Waals surface area contributed by atoms with Crippen LogP contribution in [0.3, 0.4) is 0 Å². The fourth-order valence-electron chi connectivity index (χ4n) is 2.50. The number of hydroxylamine groups is 1. The van der Waals surface area contributed by atoms with Crippen molar-refractivity contribution >= 4 is 5.91 Å². The first-order chi connectivity index (χ1) is 8.77. The molecule has 0 radical (unpaired) electrons. The van der Waals surface area contributed by atoms with Crippen molar-refractivity contribution in [3.8, 4) is 0 Å². The molecule has 1 rings (SSSR count). The summed E-state index contributed by atoms with van der Waals surface area (Å²) in [6.45, 7) is 3.36. The fourth-order valence-corrected chi connectivity index (χ4v) is 2.50. The summed E-state index contributed by atoms with van der Waals surface area (Å²) in [5, 5.41) is 0. The van der Waals surface area contributed by atoms with E-state index in [0.29, 0.717) is 19.1 Å². The summed E-state index contributed by atoms with van der Waals surface area (Å²) < 4.78 is 0. The van der Waals surface area contributed by atoms with Crippen LogP contribution in [0.1, 0.15) is 51.9 Å². The lowest BCUT2D eigenvalue weighted by Gasteiger charge is -2.19. The number of hydrogen-bond acceptors (Lipinski definition) is 4. The number of carbonyl (C=O) groups excluding carboxylic acids is 1. The minimum atomic E-state index is -0.0894. The maximum Gasteiger partial charge on any atom is 0.238 e. The second-order valence-corrected chi connectivity index (χ2v) is 5.14. The summed E-state index contributed by atoms with van der Waals surface area (Å²) in [5.41, 5.74) is 5.15. The van der Waals surface area contributed by atoms with E-state index in [4.69, 9.17) is 10.7 Å². The molecule has 0 aromatic carbocycles. The van der Waals surface area contributed by atoms with Crippen LogP contribution < -0.4 is 16.7 Å². The second kappa shape index (κ2) is 9.30. The highest BCUT2D eigenvalue weighted by Crippen LogP contribution is 2.30. The van der Waals surface area contributed by atoms with Crippen LogP contribution in [0.5, 0.6) is 0 Å². The van der Waals surface area contributed by atoms with Crippen LogP contribution in [0.25, 0.3) is 0 Å². The van der Waals surface area contributed by atoms with Crippen LogP contribution in [0.15, 0.2) is 0 Å². The Balaban J connectivity index is 2.24. The van der Waals surface area contributed by atoms with Crippen molar-refractivity contribution < 1.29 is 9.63 Å². The number of amides is 1. The molecule has 0 saturated heterocycles. The number of carbonyl (C=O) groups is 1.